The third kappa shape index (κ3) is 4.57. The van der Waals surface area contributed by atoms with Gasteiger partial charge in [0, 0.05) is 23.9 Å². The third-order valence-electron chi connectivity index (χ3n) is 4.19. The lowest BCUT2D eigenvalue weighted by Gasteiger charge is -2.28. The van der Waals surface area contributed by atoms with E-state index in [9.17, 15) is 23.3 Å². The van der Waals surface area contributed by atoms with Crippen LogP contribution in [0.4, 0.5) is 17.1 Å². The van der Waals surface area contributed by atoms with E-state index in [1.807, 2.05) is 0 Å². The summed E-state index contributed by atoms with van der Waals surface area (Å²) in [6.07, 6.45) is 0.930. The fourth-order valence-corrected chi connectivity index (χ4v) is 4.09. The summed E-state index contributed by atoms with van der Waals surface area (Å²) in [6.45, 7) is 2.21. The topological polar surface area (TPSA) is 128 Å². The Hall–Kier alpha value is -3.34. The number of anilines is 2. The molecule has 0 fully saturated rings. The second-order valence-electron chi connectivity index (χ2n) is 6.36. The van der Waals surface area contributed by atoms with Gasteiger partial charge in [-0.3, -0.25) is 19.2 Å². The van der Waals surface area contributed by atoms with Gasteiger partial charge in [0.2, 0.25) is 15.9 Å². The Morgan fingerprint density at radius 3 is 2.52 bits per heavy atom. The Kier molecular flexibility index (Phi) is 5.59. The lowest BCUT2D eigenvalue weighted by atomic mass is 10.2. The Bertz CT molecular complexity index is 1060. The van der Waals surface area contributed by atoms with Crippen LogP contribution in [0.5, 0.6) is 11.5 Å². The third-order valence-corrected chi connectivity index (χ3v) is 5.43. The zero-order valence-corrected chi connectivity index (χ0v) is 16.5. The van der Waals surface area contributed by atoms with Crippen molar-refractivity contribution in [3.8, 4) is 11.5 Å². The van der Waals surface area contributed by atoms with Gasteiger partial charge in [0.25, 0.3) is 5.69 Å². The Balaban J connectivity index is 1.86. The lowest BCUT2D eigenvalue weighted by molar-refractivity contribution is -0.384. The van der Waals surface area contributed by atoms with Gasteiger partial charge in [-0.2, -0.15) is 0 Å². The summed E-state index contributed by atoms with van der Waals surface area (Å²) in [5.74, 6) is 0.413. The number of nitro groups is 1. The van der Waals surface area contributed by atoms with E-state index in [0.717, 1.165) is 16.6 Å². The number of amides is 1. The molecular weight excluding hydrogens is 402 g/mol. The standard InChI is InChI=1S/C18H19N3O7S/c1-12(18(22)19-13-6-7-16-17(10-13)28-9-8-27-16)20(29(2,25)26)14-4-3-5-15(11-14)21(23)24/h3-7,10-12H,8-9H2,1-2H3,(H,19,22)/t12-/m1/s1. The highest BCUT2D eigenvalue weighted by molar-refractivity contribution is 7.92. The molecule has 1 aliphatic rings. The van der Waals surface area contributed by atoms with Crippen molar-refractivity contribution < 1.29 is 27.6 Å². The number of nitro benzene ring substituents is 1. The smallest absolute Gasteiger partial charge is 0.271 e. The van der Waals surface area contributed by atoms with Crippen LogP contribution >= 0.6 is 0 Å². The van der Waals surface area contributed by atoms with Crippen molar-refractivity contribution in [1.82, 2.24) is 0 Å². The van der Waals surface area contributed by atoms with Gasteiger partial charge in [-0.15, -0.1) is 0 Å². The van der Waals surface area contributed by atoms with Gasteiger partial charge in [0.15, 0.2) is 11.5 Å². The highest BCUT2D eigenvalue weighted by Crippen LogP contribution is 2.33. The molecule has 0 radical (unpaired) electrons. The van der Waals surface area contributed by atoms with Crippen LogP contribution in [0.15, 0.2) is 42.5 Å². The van der Waals surface area contributed by atoms with Crippen LogP contribution in [0.2, 0.25) is 0 Å². The largest absolute Gasteiger partial charge is 0.486 e. The Morgan fingerprint density at radius 1 is 1.17 bits per heavy atom. The number of carbonyl (C=O) groups excluding carboxylic acids is 1. The molecule has 10 nitrogen and oxygen atoms in total. The maximum Gasteiger partial charge on any atom is 0.271 e. The van der Waals surface area contributed by atoms with Gasteiger partial charge >= 0.3 is 0 Å². The fourth-order valence-electron chi connectivity index (χ4n) is 2.92. The molecule has 0 bridgehead atoms. The number of fused-ring (bicyclic) bond motifs is 1. The first-order chi connectivity index (χ1) is 13.7. The summed E-state index contributed by atoms with van der Waals surface area (Å²) in [4.78, 5) is 23.1. The molecule has 11 heteroatoms. The van der Waals surface area contributed by atoms with Gasteiger partial charge in [-0.05, 0) is 25.1 Å². The number of nitrogens with one attached hydrogen (secondary N) is 1. The molecule has 1 atom stereocenters. The number of non-ortho nitro benzene ring substituents is 1. The molecule has 0 saturated carbocycles. The van der Waals surface area contributed by atoms with Gasteiger partial charge in [0.05, 0.1) is 16.9 Å². The maximum absolute atomic E-state index is 12.7. The number of hydrogen-bond acceptors (Lipinski definition) is 7. The fraction of sp³-hybridized carbons (Fsp3) is 0.278. The molecular formula is C18H19N3O7S. The number of carbonyl (C=O) groups is 1. The SMILES string of the molecule is C[C@H](C(=O)Nc1ccc2c(c1)OCCO2)N(c1cccc([N+](=O)[O-])c1)S(C)(=O)=O. The predicted molar refractivity (Wildman–Crippen MR) is 106 cm³/mol. The Morgan fingerprint density at radius 2 is 1.86 bits per heavy atom. The number of hydrogen-bond donors (Lipinski definition) is 1. The predicted octanol–water partition coefficient (Wildman–Crippen LogP) is 2.16. The minimum atomic E-state index is -3.91. The summed E-state index contributed by atoms with van der Waals surface area (Å²) >= 11 is 0. The quantitative estimate of drug-likeness (QED) is 0.559. The van der Waals surface area contributed by atoms with Crippen molar-refractivity contribution in [3.63, 3.8) is 0 Å². The van der Waals surface area contributed by atoms with Crippen molar-refractivity contribution >= 4 is 33.0 Å². The minimum Gasteiger partial charge on any atom is -0.486 e. The normalized spacial score (nSPS) is 14.0. The molecule has 1 N–H and O–H groups in total. The average molecular weight is 421 g/mol. The van der Waals surface area contributed by atoms with E-state index >= 15 is 0 Å². The van der Waals surface area contributed by atoms with Crippen LogP contribution in [-0.2, 0) is 14.8 Å². The first-order valence-electron chi connectivity index (χ1n) is 8.61. The van der Waals surface area contributed by atoms with Gasteiger partial charge < -0.3 is 14.8 Å². The summed E-state index contributed by atoms with van der Waals surface area (Å²) in [5.41, 5.74) is 0.140. The highest BCUT2D eigenvalue weighted by atomic mass is 32.2. The number of ether oxygens (including phenoxy) is 2. The molecule has 1 amide bonds. The molecule has 0 aliphatic carbocycles. The van der Waals surface area contributed by atoms with Crippen molar-refractivity contribution in [2.24, 2.45) is 0 Å². The van der Waals surface area contributed by atoms with E-state index in [1.54, 1.807) is 18.2 Å². The molecule has 2 aromatic rings. The molecule has 1 heterocycles. The number of benzene rings is 2. The maximum atomic E-state index is 12.7. The second kappa shape index (κ2) is 7.95. The van der Waals surface area contributed by atoms with Gasteiger partial charge in [0.1, 0.15) is 19.3 Å². The number of rotatable bonds is 6. The monoisotopic (exact) mass is 421 g/mol. The summed E-state index contributed by atoms with van der Waals surface area (Å²) in [5, 5.41) is 13.7. The van der Waals surface area contributed by atoms with E-state index in [4.69, 9.17) is 9.47 Å². The molecule has 0 unspecified atom stereocenters. The zero-order chi connectivity index (χ0) is 21.2. The van der Waals surface area contributed by atoms with Crippen molar-refractivity contribution in [1.29, 1.82) is 0 Å². The minimum absolute atomic E-state index is 0.0199. The zero-order valence-electron chi connectivity index (χ0n) is 15.7. The molecule has 0 saturated heterocycles. The van der Waals surface area contributed by atoms with Crippen LogP contribution in [0.1, 0.15) is 6.92 Å². The first kappa shape index (κ1) is 20.4. The van der Waals surface area contributed by atoms with Crippen molar-refractivity contribution in [2.75, 3.05) is 29.1 Å². The van der Waals surface area contributed by atoms with E-state index in [-0.39, 0.29) is 11.4 Å². The van der Waals surface area contributed by atoms with Crippen molar-refractivity contribution in [2.45, 2.75) is 13.0 Å². The summed E-state index contributed by atoms with van der Waals surface area (Å²) in [6, 6.07) is 8.76. The lowest BCUT2D eigenvalue weighted by Crippen LogP contribution is -2.45. The van der Waals surface area contributed by atoms with Gasteiger partial charge in [-0.25, -0.2) is 8.42 Å². The molecule has 1 aliphatic heterocycles. The van der Waals surface area contributed by atoms with E-state index < -0.39 is 26.9 Å². The number of sulfonamides is 1. The van der Waals surface area contributed by atoms with Gasteiger partial charge in [-0.1, -0.05) is 6.07 Å². The van der Waals surface area contributed by atoms with Crippen LogP contribution in [0.25, 0.3) is 0 Å². The molecule has 154 valence electrons. The molecule has 3 rings (SSSR count). The molecule has 2 aromatic carbocycles. The molecule has 0 spiro atoms. The van der Waals surface area contributed by atoms with Crippen molar-refractivity contribution in [3.05, 3.63) is 52.6 Å². The van der Waals surface area contributed by atoms with E-state index in [0.29, 0.717) is 30.4 Å². The second-order valence-corrected chi connectivity index (χ2v) is 8.22. The van der Waals surface area contributed by atoms with Crippen LogP contribution in [0, 0.1) is 10.1 Å². The van der Waals surface area contributed by atoms with Crippen LogP contribution in [0.3, 0.4) is 0 Å². The van der Waals surface area contributed by atoms with E-state index in [1.165, 1.54) is 25.1 Å². The summed E-state index contributed by atoms with van der Waals surface area (Å²) < 4.78 is 36.4. The highest BCUT2D eigenvalue weighted by Gasteiger charge is 2.30. The molecule has 0 aromatic heterocycles. The first-order valence-corrected chi connectivity index (χ1v) is 10.5. The Labute approximate surface area is 167 Å². The van der Waals surface area contributed by atoms with Crippen LogP contribution in [-0.4, -0.2) is 44.8 Å². The molecule has 29 heavy (non-hydrogen) atoms. The number of nitrogens with zero attached hydrogens (tertiary/aromatic N) is 2. The average Bonchev–Trinajstić information content (AvgIpc) is 2.67. The van der Waals surface area contributed by atoms with E-state index in [2.05, 4.69) is 5.32 Å². The summed E-state index contributed by atoms with van der Waals surface area (Å²) in [7, 11) is -3.91. The van der Waals surface area contributed by atoms with Crippen LogP contribution < -0.4 is 19.1 Å².